The van der Waals surface area contributed by atoms with Crippen molar-refractivity contribution in [2.75, 3.05) is 39.9 Å². The lowest BCUT2D eigenvalue weighted by molar-refractivity contribution is -0.142. The summed E-state index contributed by atoms with van der Waals surface area (Å²) in [6, 6.07) is 10.9. The number of carbonyl (C=O) groups is 2. The average Bonchev–Trinajstić information content (AvgIpc) is 3.08. The molecule has 15 heteroatoms. The quantitative estimate of drug-likeness (QED) is 0.0380. The number of rotatable bonds is 15. The molecule has 0 bridgehead atoms. The fourth-order valence-electron chi connectivity index (χ4n) is 5.17. The van der Waals surface area contributed by atoms with Crippen LogP contribution in [-0.2, 0) is 13.8 Å². The second kappa shape index (κ2) is 18.4. The van der Waals surface area contributed by atoms with E-state index in [9.17, 15) is 14.4 Å². The average molecular weight is 812 g/mol. The molecule has 0 fully saturated rings. The first-order chi connectivity index (χ1) is 24.6. The minimum absolute atomic E-state index is 0.0534. The summed E-state index contributed by atoms with van der Waals surface area (Å²) in [5, 5.41) is 9.79. The molecule has 1 aliphatic carbocycles. The Balaban J connectivity index is 1.79. The molecule has 1 heterocycles. The van der Waals surface area contributed by atoms with Crippen molar-refractivity contribution in [3.05, 3.63) is 72.3 Å². The molecule has 52 heavy (non-hydrogen) atoms. The summed E-state index contributed by atoms with van der Waals surface area (Å²) in [5.41, 5.74) is 0.310. The van der Waals surface area contributed by atoms with Crippen LogP contribution >= 0.6 is 54.9 Å². The molecule has 0 saturated carbocycles. The smallest absolute Gasteiger partial charge is 0.316 e. The number of hydrogen-bond acceptors (Lipinski definition) is 9. The maximum atomic E-state index is 14.3. The molecule has 1 aliphatic heterocycles. The minimum atomic E-state index is -1.45. The lowest BCUT2D eigenvalue weighted by Crippen LogP contribution is -2.31. The van der Waals surface area contributed by atoms with Gasteiger partial charge in [0.2, 0.25) is 5.43 Å². The molecule has 0 radical (unpaired) electrons. The van der Waals surface area contributed by atoms with Crippen LogP contribution in [0.3, 0.4) is 0 Å². The molecular formula is C37H40Cl4N3O7P. The summed E-state index contributed by atoms with van der Waals surface area (Å²) in [5.74, 6) is -0.705. The number of halogens is 4. The standard InChI is InChI=1S/C37H40Cl4N3O7P/c1-7-11-44(12-8-2)52(48-14-9-10-42)49-15-13-43(6)35(46)23-17-27(39)26(38)16-22(23)34-24-18-28(40)30(45)20-31(24)50-32-21-33(29(41)19-25(32)34)51-36(47)37(3,4)5/h16-21H,7-9,11-15H2,1-6H3. The number of fused-ring (bicyclic) bond motifs is 2. The summed E-state index contributed by atoms with van der Waals surface area (Å²) in [6.07, 6.45) is 2.03. The van der Waals surface area contributed by atoms with Gasteiger partial charge in [-0.15, -0.1) is 0 Å². The number of ether oxygens (including phenoxy) is 1. The molecule has 2 aliphatic rings. The van der Waals surface area contributed by atoms with Crippen LogP contribution in [0.25, 0.3) is 33.4 Å². The monoisotopic (exact) mass is 809 g/mol. The number of carbonyl (C=O) groups excluding carboxylic acids is 2. The molecule has 278 valence electrons. The third-order valence-corrected chi connectivity index (χ3v) is 10.8. The Morgan fingerprint density at radius 1 is 0.865 bits per heavy atom. The van der Waals surface area contributed by atoms with Gasteiger partial charge in [0.05, 0.1) is 51.2 Å². The molecule has 0 aromatic heterocycles. The highest BCUT2D eigenvalue weighted by molar-refractivity contribution is 7.44. The minimum Gasteiger partial charge on any atom is -0.456 e. The Morgan fingerprint density at radius 2 is 1.50 bits per heavy atom. The van der Waals surface area contributed by atoms with Crippen molar-refractivity contribution in [2.24, 2.45) is 5.41 Å². The van der Waals surface area contributed by atoms with Gasteiger partial charge in [-0.2, -0.15) is 5.26 Å². The topological polar surface area (TPSA) is 122 Å². The highest BCUT2D eigenvalue weighted by Gasteiger charge is 2.29. The number of nitriles is 1. The van der Waals surface area contributed by atoms with Crippen molar-refractivity contribution in [3.8, 4) is 34.3 Å². The van der Waals surface area contributed by atoms with Crippen LogP contribution < -0.4 is 10.2 Å². The SMILES string of the molecule is CCCN(CCC)P(OCCC#N)OCCN(C)C(=O)c1cc(Cl)c(Cl)cc1-c1c2cc(Cl)c(=O)cc-2oc2cc(OC(=O)C(C)(C)C)c(Cl)cc12. The van der Waals surface area contributed by atoms with Crippen LogP contribution in [-0.4, -0.2) is 61.3 Å². The van der Waals surface area contributed by atoms with E-state index in [0.717, 1.165) is 25.9 Å². The first-order valence-electron chi connectivity index (χ1n) is 16.7. The maximum absolute atomic E-state index is 14.3. The third-order valence-electron chi connectivity index (χ3n) is 7.79. The van der Waals surface area contributed by atoms with Crippen molar-refractivity contribution >= 4 is 77.8 Å². The predicted octanol–water partition coefficient (Wildman–Crippen LogP) is 10.5. The van der Waals surface area contributed by atoms with Crippen LogP contribution in [0, 0.1) is 16.7 Å². The highest BCUT2D eigenvalue weighted by Crippen LogP contribution is 2.47. The van der Waals surface area contributed by atoms with Crippen molar-refractivity contribution in [1.29, 1.82) is 5.26 Å². The van der Waals surface area contributed by atoms with E-state index in [1.54, 1.807) is 40.0 Å². The van der Waals surface area contributed by atoms with E-state index in [4.69, 9.17) is 69.9 Å². The number of hydrogen-bond donors (Lipinski definition) is 0. The van der Waals surface area contributed by atoms with Gasteiger partial charge in [-0.3, -0.25) is 14.4 Å². The van der Waals surface area contributed by atoms with Gasteiger partial charge < -0.3 is 23.1 Å². The Bertz CT molecular complexity index is 2000. The number of amides is 1. The summed E-state index contributed by atoms with van der Waals surface area (Å²) < 4.78 is 26.1. The van der Waals surface area contributed by atoms with Crippen LogP contribution in [0.2, 0.25) is 20.1 Å². The fourth-order valence-corrected chi connectivity index (χ4v) is 7.48. The van der Waals surface area contributed by atoms with Gasteiger partial charge in [0.25, 0.3) is 14.4 Å². The van der Waals surface area contributed by atoms with Crippen molar-refractivity contribution in [3.63, 3.8) is 0 Å². The van der Waals surface area contributed by atoms with Gasteiger partial charge >= 0.3 is 5.97 Å². The van der Waals surface area contributed by atoms with E-state index >= 15 is 0 Å². The Kier molecular flexibility index (Phi) is 14.8. The van der Waals surface area contributed by atoms with Gasteiger partial charge in [0, 0.05) is 60.9 Å². The molecule has 0 spiro atoms. The van der Waals surface area contributed by atoms with E-state index in [-0.39, 0.29) is 68.9 Å². The first-order valence-corrected chi connectivity index (χ1v) is 19.3. The number of likely N-dealkylation sites (N-methyl/N-ethyl adjacent to an activating group) is 1. The molecule has 1 amide bonds. The zero-order valence-electron chi connectivity index (χ0n) is 29.8. The van der Waals surface area contributed by atoms with E-state index < -0.39 is 31.2 Å². The van der Waals surface area contributed by atoms with Crippen molar-refractivity contribution < 1.29 is 27.8 Å². The Hall–Kier alpha value is -2.97. The van der Waals surface area contributed by atoms with Crippen LogP contribution in [0.5, 0.6) is 5.75 Å². The highest BCUT2D eigenvalue weighted by atomic mass is 35.5. The van der Waals surface area contributed by atoms with Gasteiger partial charge in [-0.05, 0) is 63.4 Å². The second-order valence-corrected chi connectivity index (χ2v) is 16.2. The van der Waals surface area contributed by atoms with Gasteiger partial charge in [0.15, 0.2) is 5.75 Å². The summed E-state index contributed by atoms with van der Waals surface area (Å²) in [7, 11) is 0.181. The summed E-state index contributed by atoms with van der Waals surface area (Å²) >= 11 is 26.2. The lowest BCUT2D eigenvalue weighted by atomic mass is 9.90. The van der Waals surface area contributed by atoms with Crippen molar-refractivity contribution in [2.45, 2.75) is 53.9 Å². The zero-order valence-corrected chi connectivity index (χ0v) is 33.7. The molecule has 0 saturated heterocycles. The number of benzene rings is 3. The van der Waals surface area contributed by atoms with E-state index in [2.05, 4.69) is 24.6 Å². The van der Waals surface area contributed by atoms with E-state index in [0.29, 0.717) is 22.1 Å². The molecule has 4 rings (SSSR count). The van der Waals surface area contributed by atoms with E-state index in [1.807, 2.05) is 0 Å². The van der Waals surface area contributed by atoms with Crippen LogP contribution in [0.15, 0.2) is 45.6 Å². The Labute approximate surface area is 324 Å². The van der Waals surface area contributed by atoms with Gasteiger partial charge in [-0.1, -0.05) is 60.3 Å². The van der Waals surface area contributed by atoms with Crippen LogP contribution in [0.1, 0.15) is 64.2 Å². The zero-order chi connectivity index (χ0) is 38.3. The first kappa shape index (κ1) is 41.8. The number of nitrogens with zero attached hydrogens (tertiary/aromatic N) is 3. The molecule has 10 nitrogen and oxygen atoms in total. The maximum Gasteiger partial charge on any atom is 0.316 e. The fraction of sp³-hybridized carbons (Fsp3) is 0.405. The number of esters is 1. The molecule has 0 N–H and O–H groups in total. The van der Waals surface area contributed by atoms with E-state index in [1.165, 1.54) is 29.2 Å². The summed E-state index contributed by atoms with van der Waals surface area (Å²) in [6.45, 7) is 11.4. The molecule has 1 atom stereocenters. The normalized spacial score (nSPS) is 12.3. The third kappa shape index (κ3) is 9.96. The molecule has 1 unspecified atom stereocenters. The Morgan fingerprint density at radius 3 is 2.13 bits per heavy atom. The lowest BCUT2D eigenvalue weighted by Gasteiger charge is -2.29. The second-order valence-electron chi connectivity index (χ2n) is 13.0. The molecule has 2 aromatic carbocycles. The summed E-state index contributed by atoms with van der Waals surface area (Å²) in [4.78, 5) is 41.2. The van der Waals surface area contributed by atoms with Crippen LogP contribution in [0.4, 0.5) is 0 Å². The molecular weight excluding hydrogens is 771 g/mol. The molecule has 2 aromatic rings. The largest absolute Gasteiger partial charge is 0.456 e. The predicted molar refractivity (Wildman–Crippen MR) is 208 cm³/mol. The van der Waals surface area contributed by atoms with Crippen molar-refractivity contribution in [1.82, 2.24) is 9.57 Å². The van der Waals surface area contributed by atoms with Gasteiger partial charge in [0.1, 0.15) is 11.3 Å². The van der Waals surface area contributed by atoms with Gasteiger partial charge in [-0.25, -0.2) is 4.67 Å².